The van der Waals surface area contributed by atoms with Crippen LogP contribution in [0.1, 0.15) is 271 Å². The minimum atomic E-state index is -0.812. The van der Waals surface area contributed by atoms with Gasteiger partial charge in [-0.15, -0.1) is 0 Å². The number of ether oxygens (including phenoxy) is 3. The number of hydrogen-bond donors (Lipinski definition) is 0. The molecule has 0 saturated carbocycles. The number of unbranched alkanes of at least 4 members (excludes halogenated alkanes) is 19. The van der Waals surface area contributed by atoms with E-state index in [0.717, 1.165) is 173 Å². The minimum Gasteiger partial charge on any atom is -0.462 e. The summed E-state index contributed by atoms with van der Waals surface area (Å²) in [7, 11) is 0. The Balaban J connectivity index is 4.38. The normalized spacial score (nSPS) is 13.3. The summed E-state index contributed by atoms with van der Waals surface area (Å²) in [6.07, 6.45) is 101. The third-order valence-corrected chi connectivity index (χ3v) is 13.4. The van der Waals surface area contributed by atoms with Gasteiger partial charge in [0.15, 0.2) is 6.10 Å². The summed E-state index contributed by atoms with van der Waals surface area (Å²) in [5.41, 5.74) is 0. The number of allylic oxidation sites excluding steroid dienone is 28. The van der Waals surface area contributed by atoms with E-state index in [4.69, 9.17) is 14.2 Å². The van der Waals surface area contributed by atoms with E-state index < -0.39 is 6.10 Å². The van der Waals surface area contributed by atoms with Crippen LogP contribution in [0.2, 0.25) is 0 Å². The Bertz CT molecular complexity index is 1870. The van der Waals surface area contributed by atoms with Gasteiger partial charge in [-0.25, -0.2) is 0 Å². The van der Waals surface area contributed by atoms with Crippen molar-refractivity contribution in [1.82, 2.24) is 0 Å². The lowest BCUT2D eigenvalue weighted by Crippen LogP contribution is -2.30. The van der Waals surface area contributed by atoms with Gasteiger partial charge < -0.3 is 14.2 Å². The maximum atomic E-state index is 12.9. The van der Waals surface area contributed by atoms with Gasteiger partial charge in [-0.1, -0.05) is 268 Å². The van der Waals surface area contributed by atoms with Crippen LogP contribution < -0.4 is 0 Å². The number of carbonyl (C=O) groups is 3. The molecule has 460 valence electrons. The summed E-state index contributed by atoms with van der Waals surface area (Å²) in [6.45, 7) is 6.34. The second-order valence-corrected chi connectivity index (χ2v) is 21.3. The Kier molecular flexibility index (Phi) is 63.9. The van der Waals surface area contributed by atoms with Gasteiger partial charge in [-0.3, -0.25) is 14.4 Å². The first-order chi connectivity index (χ1) is 40.5. The molecule has 0 amide bonds. The van der Waals surface area contributed by atoms with Crippen molar-refractivity contribution in [1.29, 1.82) is 0 Å². The molecule has 0 radical (unpaired) electrons. The standard InChI is InChI=1S/C76H120O6/c1-4-7-10-13-16-19-22-25-27-29-31-32-33-34-35-36-37-38-39-40-41-42-43-44-45-47-48-51-54-57-60-63-66-69-75(78)81-72-73(71-80-74(77)68-65-62-59-56-53-50-24-21-18-15-12-9-6-3)82-76(79)70-67-64-61-58-55-52-49-46-30-28-26-23-20-17-14-11-8-5-2/h7,9-10,12,16,18-21,23,25,27-28,30-32,34-35,37-38,40-41,43-44,47-48,50,53,73H,4-6,8,11,13-15,17,22,24,26,29,33,36,39,42,45-46,49,51-52,54-72H2,1-3H3/b10-7-,12-9-,19-16-,21-18-,23-20-,27-25-,30-28-,32-31-,35-34-,38-37-,41-40-,44-43-,48-47-,53-50-. The molecule has 0 aliphatic carbocycles. The van der Waals surface area contributed by atoms with Gasteiger partial charge in [-0.2, -0.15) is 0 Å². The fourth-order valence-corrected chi connectivity index (χ4v) is 8.54. The molecule has 6 heteroatoms. The molecular weight excluding hydrogens is 1010 g/mol. The molecule has 0 aromatic rings. The van der Waals surface area contributed by atoms with Crippen LogP contribution in [0.5, 0.6) is 0 Å². The Hall–Kier alpha value is -5.23. The van der Waals surface area contributed by atoms with Crippen molar-refractivity contribution in [3.8, 4) is 0 Å². The molecule has 0 aliphatic heterocycles. The van der Waals surface area contributed by atoms with E-state index in [2.05, 4.69) is 191 Å². The molecule has 82 heavy (non-hydrogen) atoms. The summed E-state index contributed by atoms with van der Waals surface area (Å²) in [5.74, 6) is -0.967. The van der Waals surface area contributed by atoms with Crippen molar-refractivity contribution in [2.75, 3.05) is 13.2 Å². The van der Waals surface area contributed by atoms with E-state index >= 15 is 0 Å². The monoisotopic (exact) mass is 1130 g/mol. The van der Waals surface area contributed by atoms with Gasteiger partial charge in [0.05, 0.1) is 0 Å². The lowest BCUT2D eigenvalue weighted by atomic mass is 10.1. The highest BCUT2D eigenvalue weighted by Crippen LogP contribution is 2.14. The highest BCUT2D eigenvalue weighted by Gasteiger charge is 2.19. The average Bonchev–Trinajstić information content (AvgIpc) is 3.47. The van der Waals surface area contributed by atoms with E-state index in [1.165, 1.54) is 57.8 Å². The zero-order valence-electron chi connectivity index (χ0n) is 52.7. The predicted molar refractivity (Wildman–Crippen MR) is 357 cm³/mol. The molecule has 0 aromatic heterocycles. The van der Waals surface area contributed by atoms with Gasteiger partial charge in [0.25, 0.3) is 0 Å². The van der Waals surface area contributed by atoms with Crippen molar-refractivity contribution in [3.05, 3.63) is 170 Å². The first-order valence-corrected chi connectivity index (χ1v) is 33.1. The second-order valence-electron chi connectivity index (χ2n) is 21.3. The van der Waals surface area contributed by atoms with Gasteiger partial charge in [0.1, 0.15) is 13.2 Å². The van der Waals surface area contributed by atoms with Crippen LogP contribution in [0.15, 0.2) is 170 Å². The molecule has 0 fully saturated rings. The number of rotatable bonds is 58. The third-order valence-electron chi connectivity index (χ3n) is 13.4. The molecule has 0 spiro atoms. The zero-order chi connectivity index (χ0) is 59.2. The fourth-order valence-electron chi connectivity index (χ4n) is 8.54. The largest absolute Gasteiger partial charge is 0.462 e. The number of hydrogen-bond acceptors (Lipinski definition) is 6. The van der Waals surface area contributed by atoms with Crippen LogP contribution in [-0.2, 0) is 28.6 Å². The van der Waals surface area contributed by atoms with Crippen LogP contribution in [0.3, 0.4) is 0 Å². The first-order valence-electron chi connectivity index (χ1n) is 33.1. The summed E-state index contributed by atoms with van der Waals surface area (Å²) in [4.78, 5) is 38.3. The van der Waals surface area contributed by atoms with Crippen molar-refractivity contribution in [2.24, 2.45) is 0 Å². The van der Waals surface area contributed by atoms with E-state index in [9.17, 15) is 14.4 Å². The molecule has 0 aliphatic rings. The number of esters is 3. The summed E-state index contributed by atoms with van der Waals surface area (Å²) in [6, 6.07) is 0. The smallest absolute Gasteiger partial charge is 0.306 e. The maximum Gasteiger partial charge on any atom is 0.306 e. The van der Waals surface area contributed by atoms with E-state index in [1.54, 1.807) is 0 Å². The van der Waals surface area contributed by atoms with E-state index in [0.29, 0.717) is 19.3 Å². The molecule has 0 rings (SSSR count). The summed E-state index contributed by atoms with van der Waals surface area (Å²) >= 11 is 0. The van der Waals surface area contributed by atoms with Crippen molar-refractivity contribution in [3.63, 3.8) is 0 Å². The topological polar surface area (TPSA) is 78.9 Å². The van der Waals surface area contributed by atoms with Crippen LogP contribution in [-0.4, -0.2) is 37.2 Å². The van der Waals surface area contributed by atoms with E-state index in [1.807, 2.05) is 0 Å². The third kappa shape index (κ3) is 65.6. The lowest BCUT2D eigenvalue weighted by molar-refractivity contribution is -0.167. The molecule has 0 bridgehead atoms. The lowest BCUT2D eigenvalue weighted by Gasteiger charge is -2.18. The molecule has 1 unspecified atom stereocenters. The maximum absolute atomic E-state index is 12.9. The Labute approximate surface area is 504 Å². The molecule has 1 atom stereocenters. The van der Waals surface area contributed by atoms with Crippen LogP contribution >= 0.6 is 0 Å². The van der Waals surface area contributed by atoms with Crippen molar-refractivity contribution in [2.45, 2.75) is 277 Å². The average molecular weight is 1130 g/mol. The SMILES string of the molecule is CC/C=C\C/C=C\C/C=C\C/C=C\C/C=C\C/C=C\C/C=C\C/C=C\C/C=C\CCCCCCCC(=O)OCC(COC(=O)CCCCC/C=C\C/C=C\C/C=C\CC)OC(=O)CCCCCCCCC/C=C\C/C=C\CCCCCC. The number of carbonyl (C=O) groups excluding carboxylic acids is 3. The van der Waals surface area contributed by atoms with Crippen LogP contribution in [0.4, 0.5) is 0 Å². The quantitative estimate of drug-likeness (QED) is 0.0261. The van der Waals surface area contributed by atoms with E-state index in [-0.39, 0.29) is 31.1 Å². The van der Waals surface area contributed by atoms with Crippen LogP contribution in [0.25, 0.3) is 0 Å². The molecule has 0 aromatic carbocycles. The highest BCUT2D eigenvalue weighted by atomic mass is 16.6. The van der Waals surface area contributed by atoms with Gasteiger partial charge >= 0.3 is 17.9 Å². The molecule has 0 saturated heterocycles. The summed E-state index contributed by atoms with van der Waals surface area (Å²) < 4.78 is 16.9. The van der Waals surface area contributed by atoms with Gasteiger partial charge in [0.2, 0.25) is 0 Å². The second kappa shape index (κ2) is 68.3. The van der Waals surface area contributed by atoms with Gasteiger partial charge in [0, 0.05) is 19.3 Å². The van der Waals surface area contributed by atoms with Crippen LogP contribution in [0, 0.1) is 0 Å². The highest BCUT2D eigenvalue weighted by molar-refractivity contribution is 5.71. The zero-order valence-corrected chi connectivity index (χ0v) is 52.7. The van der Waals surface area contributed by atoms with Gasteiger partial charge in [-0.05, 0) is 154 Å². The predicted octanol–water partition coefficient (Wildman–Crippen LogP) is 23.0. The molecular formula is C76H120O6. The Morgan fingerprint density at radius 2 is 0.476 bits per heavy atom. The molecule has 6 nitrogen and oxygen atoms in total. The fraction of sp³-hybridized carbons (Fsp3) is 0.592. The first kappa shape index (κ1) is 76.8. The Morgan fingerprint density at radius 1 is 0.256 bits per heavy atom. The van der Waals surface area contributed by atoms with Crippen molar-refractivity contribution >= 4 is 17.9 Å². The Morgan fingerprint density at radius 3 is 0.756 bits per heavy atom. The molecule has 0 N–H and O–H groups in total. The summed E-state index contributed by atoms with van der Waals surface area (Å²) in [5, 5.41) is 0. The minimum absolute atomic E-state index is 0.108. The van der Waals surface area contributed by atoms with Crippen molar-refractivity contribution < 1.29 is 28.6 Å². The molecule has 0 heterocycles.